The molecule has 2 heterocycles. The number of aryl methyl sites for hydroxylation is 2. The van der Waals surface area contributed by atoms with Crippen molar-refractivity contribution in [1.29, 1.82) is 0 Å². The third kappa shape index (κ3) is 3.19. The Morgan fingerprint density at radius 2 is 1.95 bits per heavy atom. The van der Waals surface area contributed by atoms with Gasteiger partial charge in [-0.1, -0.05) is 20.8 Å². The summed E-state index contributed by atoms with van der Waals surface area (Å²) in [5.74, 6) is 2.84. The van der Waals surface area contributed by atoms with E-state index >= 15 is 0 Å². The second-order valence-corrected chi connectivity index (χ2v) is 9.42. The van der Waals surface area contributed by atoms with Crippen molar-refractivity contribution in [1.82, 2.24) is 9.97 Å². The molecule has 0 fully saturated rings. The number of nitrogens with zero attached hydrogens (tertiary/aromatic N) is 2. The van der Waals surface area contributed by atoms with Crippen LogP contribution in [0.4, 0.5) is 5.82 Å². The number of hydrogen-bond donors (Lipinski definition) is 1. The van der Waals surface area contributed by atoms with Crippen LogP contribution in [-0.4, -0.2) is 21.8 Å². The number of rotatable bonds is 3. The number of nitrogens with one attached hydrogen (secondary N) is 1. The van der Waals surface area contributed by atoms with Crippen molar-refractivity contribution in [3.8, 4) is 0 Å². The lowest BCUT2D eigenvalue weighted by Gasteiger charge is -2.17. The maximum Gasteiger partial charge on any atom is 0.142 e. The summed E-state index contributed by atoms with van der Waals surface area (Å²) in [5.41, 5.74) is 1.50. The number of fused-ring (bicyclic) bond motifs is 3. The van der Waals surface area contributed by atoms with Gasteiger partial charge >= 0.3 is 0 Å². The first-order valence-electron chi connectivity index (χ1n) is 7.61. The van der Waals surface area contributed by atoms with Gasteiger partial charge in [0, 0.05) is 16.7 Å². The van der Waals surface area contributed by atoms with Crippen LogP contribution in [0, 0.1) is 0 Å². The van der Waals surface area contributed by atoms with Crippen molar-refractivity contribution in [2.24, 2.45) is 0 Å². The van der Waals surface area contributed by atoms with Gasteiger partial charge in [-0.2, -0.15) is 0 Å². The molecule has 0 amide bonds. The zero-order valence-electron chi connectivity index (χ0n) is 13.2. The Bertz CT molecular complexity index is 656. The summed E-state index contributed by atoms with van der Waals surface area (Å²) in [6, 6.07) is 0. The van der Waals surface area contributed by atoms with Gasteiger partial charge in [-0.05, 0) is 31.2 Å². The van der Waals surface area contributed by atoms with E-state index in [1.807, 2.05) is 30.1 Å². The van der Waals surface area contributed by atoms with Crippen LogP contribution >= 0.6 is 23.1 Å². The maximum absolute atomic E-state index is 4.84. The van der Waals surface area contributed by atoms with Crippen LogP contribution < -0.4 is 5.32 Å². The first-order chi connectivity index (χ1) is 9.98. The molecule has 1 aliphatic carbocycles. The SMILES string of the molecule is CNc1nc(CSC(C)(C)C)nc2sc3c(c12)CCCC3. The van der Waals surface area contributed by atoms with Crippen LogP contribution in [0.25, 0.3) is 10.2 Å². The van der Waals surface area contributed by atoms with E-state index in [0.29, 0.717) is 0 Å². The summed E-state index contributed by atoms with van der Waals surface area (Å²) in [6.07, 6.45) is 5.01. The minimum Gasteiger partial charge on any atom is -0.372 e. The van der Waals surface area contributed by atoms with Crippen LogP contribution in [0.2, 0.25) is 0 Å². The minimum absolute atomic E-state index is 0.243. The first kappa shape index (κ1) is 15.1. The smallest absolute Gasteiger partial charge is 0.142 e. The summed E-state index contributed by atoms with van der Waals surface area (Å²) in [4.78, 5) is 12.3. The molecule has 0 atom stereocenters. The number of anilines is 1. The molecule has 0 spiro atoms. The van der Waals surface area contributed by atoms with Crippen LogP contribution in [0.5, 0.6) is 0 Å². The summed E-state index contributed by atoms with van der Waals surface area (Å²) >= 11 is 3.78. The van der Waals surface area contributed by atoms with E-state index in [0.717, 1.165) is 17.4 Å². The molecule has 3 nitrogen and oxygen atoms in total. The van der Waals surface area contributed by atoms with Gasteiger partial charge in [-0.15, -0.1) is 23.1 Å². The fraction of sp³-hybridized carbons (Fsp3) is 0.625. The van der Waals surface area contributed by atoms with E-state index in [1.54, 1.807) is 0 Å². The Kier molecular flexibility index (Phi) is 4.14. The van der Waals surface area contributed by atoms with Gasteiger partial charge in [0.25, 0.3) is 0 Å². The van der Waals surface area contributed by atoms with Crippen LogP contribution in [0.1, 0.15) is 49.9 Å². The van der Waals surface area contributed by atoms with Gasteiger partial charge < -0.3 is 5.32 Å². The molecule has 0 saturated heterocycles. The molecule has 0 bridgehead atoms. The average molecular weight is 322 g/mol. The topological polar surface area (TPSA) is 37.8 Å². The van der Waals surface area contributed by atoms with E-state index < -0.39 is 0 Å². The van der Waals surface area contributed by atoms with Gasteiger partial charge in [0.2, 0.25) is 0 Å². The monoisotopic (exact) mass is 321 g/mol. The van der Waals surface area contributed by atoms with E-state index in [9.17, 15) is 0 Å². The number of aromatic nitrogens is 2. The highest BCUT2D eigenvalue weighted by atomic mass is 32.2. The lowest BCUT2D eigenvalue weighted by atomic mass is 9.97. The highest BCUT2D eigenvalue weighted by molar-refractivity contribution is 7.99. The van der Waals surface area contributed by atoms with Crippen molar-refractivity contribution in [2.45, 2.75) is 57.0 Å². The second kappa shape index (κ2) is 5.76. The van der Waals surface area contributed by atoms with Crippen molar-refractivity contribution in [2.75, 3.05) is 12.4 Å². The quantitative estimate of drug-likeness (QED) is 0.893. The van der Waals surface area contributed by atoms with E-state index in [4.69, 9.17) is 9.97 Å². The Morgan fingerprint density at radius 1 is 1.19 bits per heavy atom. The van der Waals surface area contributed by atoms with Gasteiger partial charge in [-0.25, -0.2) is 9.97 Å². The van der Waals surface area contributed by atoms with Crippen LogP contribution in [0.3, 0.4) is 0 Å². The van der Waals surface area contributed by atoms with Gasteiger partial charge in [0.05, 0.1) is 11.1 Å². The summed E-state index contributed by atoms with van der Waals surface area (Å²) < 4.78 is 0.243. The zero-order chi connectivity index (χ0) is 15.0. The predicted molar refractivity (Wildman–Crippen MR) is 94.7 cm³/mol. The molecule has 1 aliphatic rings. The third-order valence-electron chi connectivity index (χ3n) is 3.73. The van der Waals surface area contributed by atoms with Gasteiger partial charge in [0.15, 0.2) is 0 Å². The molecule has 0 radical (unpaired) electrons. The molecule has 114 valence electrons. The molecule has 2 aromatic rings. The lowest BCUT2D eigenvalue weighted by molar-refractivity contribution is 0.700. The minimum atomic E-state index is 0.243. The molecule has 5 heteroatoms. The molecule has 21 heavy (non-hydrogen) atoms. The maximum atomic E-state index is 4.84. The van der Waals surface area contributed by atoms with Gasteiger partial charge in [0.1, 0.15) is 16.5 Å². The normalized spacial score (nSPS) is 15.2. The molecule has 0 saturated carbocycles. The number of thioether (sulfide) groups is 1. The molecule has 0 aromatic carbocycles. The number of hydrogen-bond acceptors (Lipinski definition) is 5. The molecular weight excluding hydrogens is 298 g/mol. The van der Waals surface area contributed by atoms with Crippen molar-refractivity contribution in [3.05, 3.63) is 16.3 Å². The van der Waals surface area contributed by atoms with Crippen molar-refractivity contribution in [3.63, 3.8) is 0 Å². The molecule has 0 aliphatic heterocycles. The zero-order valence-corrected chi connectivity index (χ0v) is 14.9. The first-order valence-corrected chi connectivity index (χ1v) is 9.41. The van der Waals surface area contributed by atoms with Crippen molar-refractivity contribution >= 4 is 39.1 Å². The Balaban J connectivity index is 2.01. The molecule has 2 aromatic heterocycles. The fourth-order valence-electron chi connectivity index (χ4n) is 2.73. The summed E-state index contributed by atoms with van der Waals surface area (Å²) in [6.45, 7) is 6.71. The average Bonchev–Trinajstić information content (AvgIpc) is 2.81. The number of thiophene rings is 1. The van der Waals surface area contributed by atoms with Crippen LogP contribution in [0.15, 0.2) is 0 Å². The summed E-state index contributed by atoms with van der Waals surface area (Å²) in [7, 11) is 1.97. The third-order valence-corrected chi connectivity index (χ3v) is 6.19. The molecule has 1 N–H and O–H groups in total. The Hall–Kier alpha value is -0.810. The van der Waals surface area contributed by atoms with Gasteiger partial charge in [-0.3, -0.25) is 0 Å². The van der Waals surface area contributed by atoms with Crippen LogP contribution in [-0.2, 0) is 18.6 Å². The largest absolute Gasteiger partial charge is 0.372 e. The van der Waals surface area contributed by atoms with E-state index in [-0.39, 0.29) is 4.75 Å². The van der Waals surface area contributed by atoms with Crippen molar-refractivity contribution < 1.29 is 0 Å². The Labute approximate surface area is 135 Å². The fourth-order valence-corrected chi connectivity index (χ4v) is 4.70. The van der Waals surface area contributed by atoms with E-state index in [2.05, 4.69) is 26.1 Å². The lowest BCUT2D eigenvalue weighted by Crippen LogP contribution is -2.09. The Morgan fingerprint density at radius 3 is 2.67 bits per heavy atom. The second-order valence-electron chi connectivity index (χ2n) is 6.53. The highest BCUT2D eigenvalue weighted by Crippen LogP contribution is 2.39. The molecule has 0 unspecified atom stereocenters. The van der Waals surface area contributed by atoms with E-state index in [1.165, 1.54) is 46.3 Å². The molecule has 3 rings (SSSR count). The molecular formula is C16H23N3S2. The highest BCUT2D eigenvalue weighted by Gasteiger charge is 2.21. The predicted octanol–water partition coefficient (Wildman–Crippen LogP) is 4.64. The summed E-state index contributed by atoms with van der Waals surface area (Å²) in [5, 5.41) is 4.57. The standard InChI is InChI=1S/C16H23N3S2/c1-16(2,3)20-9-12-18-14(17-4)13-10-7-5-6-8-11(10)21-15(13)19-12/h5-9H2,1-4H3,(H,17,18,19).